The highest BCUT2D eigenvalue weighted by Gasteiger charge is 2.55. The maximum Gasteiger partial charge on any atom is 0.126 e. The molecule has 8 aliphatic carbocycles. The summed E-state index contributed by atoms with van der Waals surface area (Å²) in [4.78, 5) is 0. The summed E-state index contributed by atoms with van der Waals surface area (Å²) in [5.41, 5.74) is 7.31. The summed E-state index contributed by atoms with van der Waals surface area (Å²) in [6.45, 7) is 6.57. The van der Waals surface area contributed by atoms with E-state index in [1.165, 1.54) is 88.4 Å². The number of hydrogen-bond donors (Lipinski definition) is 0. The first kappa shape index (κ1) is 20.2. The van der Waals surface area contributed by atoms with Crippen LogP contribution < -0.4 is 4.74 Å². The maximum atomic E-state index is 6.82. The Hall–Kier alpha value is -1.02. The highest BCUT2D eigenvalue weighted by molar-refractivity contribution is 5.56. The second-order valence-electron chi connectivity index (χ2n) is 14.2. The van der Waals surface area contributed by atoms with E-state index in [1.807, 2.05) is 0 Å². The van der Waals surface area contributed by atoms with Crippen molar-refractivity contribution in [2.75, 3.05) is 13.2 Å². The molecule has 33 heavy (non-hydrogen) atoms. The van der Waals surface area contributed by atoms with Crippen LogP contribution in [0.4, 0.5) is 0 Å². The van der Waals surface area contributed by atoms with E-state index in [-0.39, 0.29) is 0 Å². The van der Waals surface area contributed by atoms with Gasteiger partial charge in [-0.05, 0) is 154 Å². The van der Waals surface area contributed by atoms with Gasteiger partial charge in [0.2, 0.25) is 0 Å². The summed E-state index contributed by atoms with van der Waals surface area (Å²) in [5.74, 6) is 7.19. The van der Waals surface area contributed by atoms with Crippen molar-refractivity contribution in [3.05, 3.63) is 28.3 Å². The van der Waals surface area contributed by atoms with Gasteiger partial charge in [-0.15, -0.1) is 0 Å². The fourth-order valence-corrected chi connectivity index (χ4v) is 11.6. The molecule has 10 rings (SSSR count). The average Bonchev–Trinajstić information content (AvgIpc) is 3.55. The minimum atomic E-state index is 0.331. The molecule has 0 radical (unpaired) electrons. The number of ether oxygens (including phenoxy) is 2. The summed E-state index contributed by atoms with van der Waals surface area (Å²) >= 11 is 0. The normalized spacial score (nSPS) is 48.5. The third-order valence-electron chi connectivity index (χ3n) is 11.7. The monoisotopic (exact) mass is 446 g/mol. The highest BCUT2D eigenvalue weighted by Crippen LogP contribution is 2.65. The van der Waals surface area contributed by atoms with Gasteiger partial charge < -0.3 is 9.47 Å². The van der Waals surface area contributed by atoms with Crippen LogP contribution in [0.2, 0.25) is 0 Å². The van der Waals surface area contributed by atoms with Gasteiger partial charge in [0.25, 0.3) is 0 Å². The van der Waals surface area contributed by atoms with E-state index < -0.39 is 0 Å². The molecular weight excluding hydrogens is 404 g/mol. The Morgan fingerprint density at radius 3 is 1.67 bits per heavy atom. The Morgan fingerprint density at radius 2 is 1.21 bits per heavy atom. The molecule has 1 aromatic rings. The first-order valence-electron chi connectivity index (χ1n) is 14.4. The van der Waals surface area contributed by atoms with Crippen LogP contribution in [-0.2, 0) is 15.6 Å². The van der Waals surface area contributed by atoms with Crippen LogP contribution in [0.25, 0.3) is 0 Å². The summed E-state index contributed by atoms with van der Waals surface area (Å²) < 4.78 is 12.4. The van der Waals surface area contributed by atoms with Gasteiger partial charge in [0.15, 0.2) is 0 Å². The molecule has 9 fully saturated rings. The van der Waals surface area contributed by atoms with Crippen molar-refractivity contribution in [3.8, 4) is 5.75 Å². The molecule has 1 saturated heterocycles. The van der Waals surface area contributed by atoms with Crippen molar-refractivity contribution in [3.63, 3.8) is 0 Å². The molecule has 1 heterocycles. The maximum absolute atomic E-state index is 6.82. The molecule has 0 N–H and O–H groups in total. The predicted octanol–water partition coefficient (Wildman–Crippen LogP) is 7.02. The van der Waals surface area contributed by atoms with Crippen LogP contribution >= 0.6 is 0 Å². The first-order valence-corrected chi connectivity index (χ1v) is 14.4. The number of rotatable bonds is 5. The van der Waals surface area contributed by atoms with Gasteiger partial charge >= 0.3 is 0 Å². The zero-order chi connectivity index (χ0) is 21.9. The molecular formula is C31H42O2. The predicted molar refractivity (Wildman–Crippen MR) is 131 cm³/mol. The Labute approximate surface area is 200 Å². The molecule has 0 aromatic heterocycles. The zero-order valence-electron chi connectivity index (χ0n) is 20.8. The van der Waals surface area contributed by atoms with E-state index in [0.29, 0.717) is 16.9 Å². The fourth-order valence-electron chi connectivity index (χ4n) is 11.6. The van der Waals surface area contributed by atoms with Crippen molar-refractivity contribution in [2.45, 2.75) is 108 Å². The van der Waals surface area contributed by atoms with E-state index >= 15 is 0 Å². The molecule has 2 heteroatoms. The lowest BCUT2D eigenvalue weighted by molar-refractivity contribution is -0.00848. The molecule has 1 aromatic carbocycles. The number of aryl methyl sites for hydroxylation is 1. The minimum Gasteiger partial charge on any atom is -0.490 e. The summed E-state index contributed by atoms with van der Waals surface area (Å²) in [7, 11) is 0. The first-order chi connectivity index (χ1) is 16.0. The molecule has 178 valence electrons. The van der Waals surface area contributed by atoms with Crippen LogP contribution in [0.15, 0.2) is 6.07 Å². The number of benzene rings is 1. The Balaban J connectivity index is 1.26. The van der Waals surface area contributed by atoms with Crippen molar-refractivity contribution >= 4 is 0 Å². The lowest BCUT2D eigenvalue weighted by Gasteiger charge is -2.59. The molecule has 9 aliphatic rings. The number of epoxide rings is 1. The van der Waals surface area contributed by atoms with Crippen LogP contribution in [0.5, 0.6) is 5.75 Å². The highest BCUT2D eigenvalue weighted by atomic mass is 16.6. The van der Waals surface area contributed by atoms with Crippen molar-refractivity contribution < 1.29 is 9.47 Å². The zero-order valence-corrected chi connectivity index (χ0v) is 20.8. The molecule has 8 bridgehead atoms. The van der Waals surface area contributed by atoms with E-state index in [0.717, 1.165) is 48.7 Å². The van der Waals surface area contributed by atoms with E-state index in [1.54, 1.807) is 16.7 Å². The smallest absolute Gasteiger partial charge is 0.126 e. The van der Waals surface area contributed by atoms with Crippen molar-refractivity contribution in [1.29, 1.82) is 0 Å². The average molecular weight is 447 g/mol. The summed E-state index contributed by atoms with van der Waals surface area (Å²) in [6.07, 6.45) is 18.0. The molecule has 0 amide bonds. The van der Waals surface area contributed by atoms with E-state index in [2.05, 4.69) is 19.9 Å². The van der Waals surface area contributed by atoms with Gasteiger partial charge in [-0.3, -0.25) is 0 Å². The van der Waals surface area contributed by atoms with Gasteiger partial charge in [0, 0.05) is 5.56 Å². The second-order valence-corrected chi connectivity index (χ2v) is 14.2. The molecule has 0 spiro atoms. The van der Waals surface area contributed by atoms with Crippen LogP contribution in [0, 0.1) is 49.4 Å². The van der Waals surface area contributed by atoms with E-state index in [9.17, 15) is 0 Å². The van der Waals surface area contributed by atoms with Crippen LogP contribution in [-0.4, -0.2) is 19.3 Å². The molecule has 1 atom stereocenters. The van der Waals surface area contributed by atoms with E-state index in [4.69, 9.17) is 9.47 Å². The minimum absolute atomic E-state index is 0.331. The lowest BCUT2D eigenvalue weighted by atomic mass is 9.46. The van der Waals surface area contributed by atoms with Crippen LogP contribution in [0.3, 0.4) is 0 Å². The lowest BCUT2D eigenvalue weighted by Crippen LogP contribution is -2.50. The Morgan fingerprint density at radius 1 is 0.758 bits per heavy atom. The van der Waals surface area contributed by atoms with Gasteiger partial charge in [0.1, 0.15) is 18.5 Å². The Bertz CT molecular complexity index is 915. The number of hydrogen-bond acceptors (Lipinski definition) is 2. The second kappa shape index (κ2) is 6.80. The molecule has 2 nitrogen and oxygen atoms in total. The van der Waals surface area contributed by atoms with Crippen molar-refractivity contribution in [1.82, 2.24) is 0 Å². The molecule has 1 unspecified atom stereocenters. The third-order valence-corrected chi connectivity index (χ3v) is 11.7. The van der Waals surface area contributed by atoms with Gasteiger partial charge in [-0.25, -0.2) is 0 Å². The SMILES string of the molecule is Cc1cc(C23CC4CC(CC(C4)C2)C3)c(OCC2CO2)c(C)c1C12CC3CC(CC(C3)C1)C2. The standard InChI is InChI=1S/C31H42O2/c1-18-3-27(30-10-20-4-21(11-30)6-22(5-20)12-30)29(33-17-26-16-32-26)19(2)28(18)31-13-23-7-24(14-31)9-25(8-23)15-31/h3,20-26H,4-17H2,1-2H3. The largest absolute Gasteiger partial charge is 0.490 e. The van der Waals surface area contributed by atoms with Crippen LogP contribution in [0.1, 0.15) is 99.3 Å². The molecule has 8 saturated carbocycles. The summed E-state index contributed by atoms with van der Waals surface area (Å²) in [6, 6.07) is 2.68. The topological polar surface area (TPSA) is 21.8 Å². The Kier molecular flexibility index (Phi) is 4.16. The van der Waals surface area contributed by atoms with Gasteiger partial charge in [0.05, 0.1) is 6.61 Å². The third kappa shape index (κ3) is 3.01. The fraction of sp³-hybridized carbons (Fsp3) is 0.806. The van der Waals surface area contributed by atoms with Gasteiger partial charge in [-0.2, -0.15) is 0 Å². The van der Waals surface area contributed by atoms with Gasteiger partial charge in [-0.1, -0.05) is 6.07 Å². The molecule has 1 aliphatic heterocycles. The quantitative estimate of drug-likeness (QED) is 0.453. The van der Waals surface area contributed by atoms with Crippen molar-refractivity contribution in [2.24, 2.45) is 35.5 Å². The summed E-state index contributed by atoms with van der Waals surface area (Å²) in [5, 5.41) is 0.